The first kappa shape index (κ1) is 13.9. The minimum absolute atomic E-state index is 0.0563. The zero-order valence-electron chi connectivity index (χ0n) is 9.52. The number of esters is 1. The molecule has 4 nitrogen and oxygen atoms in total. The summed E-state index contributed by atoms with van der Waals surface area (Å²) in [4.78, 5) is 10.8. The summed E-state index contributed by atoms with van der Waals surface area (Å²) in [7, 11) is 0. The highest BCUT2D eigenvalue weighted by Gasteiger charge is 2.39. The van der Waals surface area contributed by atoms with Gasteiger partial charge in [-0.25, -0.2) is 4.79 Å². The van der Waals surface area contributed by atoms with Gasteiger partial charge in [0.05, 0.1) is 11.5 Å². The quantitative estimate of drug-likeness (QED) is 0.310. The van der Waals surface area contributed by atoms with E-state index in [2.05, 4.69) is 4.74 Å². The number of hydrogen-bond donors (Lipinski definition) is 2. The van der Waals surface area contributed by atoms with Crippen LogP contribution in [0.1, 0.15) is 27.7 Å². The molecule has 0 aromatic carbocycles. The Bertz CT molecular complexity index is 262. The molecule has 0 heterocycles. The van der Waals surface area contributed by atoms with Crippen LogP contribution in [0.4, 0.5) is 0 Å². The molecule has 0 saturated carbocycles. The summed E-state index contributed by atoms with van der Waals surface area (Å²) >= 11 is 0. The summed E-state index contributed by atoms with van der Waals surface area (Å²) in [5.41, 5.74) is -0.958. The Morgan fingerprint density at radius 2 is 1.87 bits per heavy atom. The van der Waals surface area contributed by atoms with Gasteiger partial charge in [0.15, 0.2) is 0 Å². The van der Waals surface area contributed by atoms with Gasteiger partial charge in [-0.3, -0.25) is 0 Å². The molecular weight excluding hydrogens is 196 g/mol. The second-order valence-electron chi connectivity index (χ2n) is 4.41. The van der Waals surface area contributed by atoms with Gasteiger partial charge in [-0.2, -0.15) is 0 Å². The maximum atomic E-state index is 10.8. The van der Waals surface area contributed by atoms with E-state index in [9.17, 15) is 15.0 Å². The van der Waals surface area contributed by atoms with Crippen LogP contribution in [0, 0.1) is 23.7 Å². The summed E-state index contributed by atoms with van der Waals surface area (Å²) in [6, 6.07) is 0. The minimum atomic E-state index is -1.42. The number of rotatable bonds is 4. The fraction of sp³-hybridized carbons (Fsp3) is 0.727. The lowest BCUT2D eigenvalue weighted by Gasteiger charge is -2.35. The van der Waals surface area contributed by atoms with Crippen LogP contribution >= 0.6 is 0 Å². The van der Waals surface area contributed by atoms with Crippen molar-refractivity contribution >= 4 is 5.97 Å². The third-order valence-corrected chi connectivity index (χ3v) is 2.37. The van der Waals surface area contributed by atoms with E-state index >= 15 is 0 Å². The number of aliphatic hydroxyl groups excluding tert-OH is 2. The van der Waals surface area contributed by atoms with Gasteiger partial charge in [0.2, 0.25) is 6.29 Å². The molecule has 0 bridgehead atoms. The maximum Gasteiger partial charge on any atom is 0.386 e. The van der Waals surface area contributed by atoms with Crippen LogP contribution in [-0.4, -0.2) is 28.6 Å². The van der Waals surface area contributed by atoms with Gasteiger partial charge in [0.1, 0.15) is 0 Å². The number of terminal acetylenes is 1. The smallest absolute Gasteiger partial charge is 0.386 e. The highest BCUT2D eigenvalue weighted by atomic mass is 16.6. The minimum Gasteiger partial charge on any atom is -0.426 e. The zero-order chi connectivity index (χ0) is 12.2. The Morgan fingerprint density at radius 1 is 1.40 bits per heavy atom. The first-order valence-corrected chi connectivity index (χ1v) is 4.76. The topological polar surface area (TPSA) is 66.8 Å². The molecule has 4 heteroatoms. The Morgan fingerprint density at radius 3 is 2.20 bits per heavy atom. The van der Waals surface area contributed by atoms with E-state index in [4.69, 9.17) is 6.42 Å². The molecule has 2 N–H and O–H groups in total. The predicted octanol–water partition coefficient (Wildman–Crippen LogP) is 0.524. The lowest BCUT2D eigenvalue weighted by Crippen LogP contribution is -2.45. The number of ether oxygens (including phenoxy) is 1. The molecule has 0 saturated heterocycles. The van der Waals surface area contributed by atoms with E-state index in [1.807, 2.05) is 13.8 Å². The number of hydrogen-bond acceptors (Lipinski definition) is 4. The molecule has 0 radical (unpaired) electrons. The van der Waals surface area contributed by atoms with Gasteiger partial charge in [-0.1, -0.05) is 27.7 Å². The van der Waals surface area contributed by atoms with Crippen molar-refractivity contribution in [3.63, 3.8) is 0 Å². The maximum absolute atomic E-state index is 10.8. The fourth-order valence-corrected chi connectivity index (χ4v) is 1.29. The van der Waals surface area contributed by atoms with Crippen LogP contribution in [0.5, 0.6) is 0 Å². The van der Waals surface area contributed by atoms with Gasteiger partial charge >= 0.3 is 5.97 Å². The largest absolute Gasteiger partial charge is 0.426 e. The van der Waals surface area contributed by atoms with Crippen LogP contribution in [-0.2, 0) is 9.53 Å². The molecule has 0 amide bonds. The highest BCUT2D eigenvalue weighted by molar-refractivity contribution is 5.87. The van der Waals surface area contributed by atoms with E-state index < -0.39 is 23.8 Å². The van der Waals surface area contributed by atoms with Crippen molar-refractivity contribution in [2.24, 2.45) is 11.3 Å². The van der Waals surface area contributed by atoms with Crippen LogP contribution < -0.4 is 0 Å². The molecule has 0 rings (SSSR count). The van der Waals surface area contributed by atoms with Crippen LogP contribution in [0.15, 0.2) is 0 Å². The lowest BCUT2D eigenvalue weighted by molar-refractivity contribution is -0.202. The molecule has 0 aliphatic heterocycles. The molecule has 0 aliphatic rings. The molecule has 86 valence electrons. The van der Waals surface area contributed by atoms with E-state index in [0.29, 0.717) is 0 Å². The molecule has 15 heavy (non-hydrogen) atoms. The SMILES string of the molecule is C#CC(=O)OC(O)C(C)(C)C(O)C(C)C. The Kier molecular flexibility index (Phi) is 4.79. The number of carbonyl (C=O) groups is 1. The number of aliphatic hydroxyl groups is 2. The second-order valence-corrected chi connectivity index (χ2v) is 4.41. The van der Waals surface area contributed by atoms with Crippen molar-refractivity contribution in [2.45, 2.75) is 40.1 Å². The highest BCUT2D eigenvalue weighted by Crippen LogP contribution is 2.30. The van der Waals surface area contributed by atoms with Crippen molar-refractivity contribution in [1.82, 2.24) is 0 Å². The van der Waals surface area contributed by atoms with Gasteiger partial charge in [-0.15, -0.1) is 6.42 Å². The average molecular weight is 214 g/mol. The lowest BCUT2D eigenvalue weighted by atomic mass is 9.80. The third-order valence-electron chi connectivity index (χ3n) is 2.37. The zero-order valence-corrected chi connectivity index (χ0v) is 9.52. The molecule has 0 aromatic heterocycles. The average Bonchev–Trinajstić information content (AvgIpc) is 2.15. The van der Waals surface area contributed by atoms with Crippen molar-refractivity contribution in [1.29, 1.82) is 0 Å². The van der Waals surface area contributed by atoms with Crippen LogP contribution in [0.25, 0.3) is 0 Å². The standard InChI is InChI=1S/C11H18O4/c1-6-8(12)15-10(14)11(4,5)9(13)7(2)3/h1,7,9-10,13-14H,2-5H3. The second kappa shape index (κ2) is 5.15. The summed E-state index contributed by atoms with van der Waals surface area (Å²) < 4.78 is 4.56. The van der Waals surface area contributed by atoms with Crippen molar-refractivity contribution in [2.75, 3.05) is 0 Å². The Labute approximate surface area is 90.3 Å². The van der Waals surface area contributed by atoms with E-state index in [1.54, 1.807) is 19.8 Å². The summed E-state index contributed by atoms with van der Waals surface area (Å²) in [6.45, 7) is 6.82. The fourth-order valence-electron chi connectivity index (χ4n) is 1.29. The normalized spacial score (nSPS) is 15.6. The monoisotopic (exact) mass is 214 g/mol. The van der Waals surface area contributed by atoms with Gasteiger partial charge in [0.25, 0.3) is 0 Å². The van der Waals surface area contributed by atoms with Gasteiger partial charge < -0.3 is 14.9 Å². The van der Waals surface area contributed by atoms with Crippen molar-refractivity contribution < 1.29 is 19.7 Å². The van der Waals surface area contributed by atoms with E-state index in [0.717, 1.165) is 0 Å². The Balaban J connectivity index is 4.59. The predicted molar refractivity (Wildman–Crippen MR) is 55.6 cm³/mol. The van der Waals surface area contributed by atoms with E-state index in [1.165, 1.54) is 0 Å². The number of carbonyl (C=O) groups excluding carboxylic acids is 1. The van der Waals surface area contributed by atoms with Crippen molar-refractivity contribution in [3.8, 4) is 12.3 Å². The summed E-state index contributed by atoms with van der Waals surface area (Å²) in [6.07, 6.45) is 2.59. The van der Waals surface area contributed by atoms with E-state index in [-0.39, 0.29) is 5.92 Å². The Hall–Kier alpha value is -1.05. The van der Waals surface area contributed by atoms with Crippen molar-refractivity contribution in [3.05, 3.63) is 0 Å². The molecule has 0 aromatic rings. The summed E-state index contributed by atoms with van der Waals surface area (Å²) in [5, 5.41) is 19.4. The van der Waals surface area contributed by atoms with Gasteiger partial charge in [0, 0.05) is 5.92 Å². The molecule has 0 spiro atoms. The van der Waals surface area contributed by atoms with Crippen LogP contribution in [0.3, 0.4) is 0 Å². The molecule has 0 aliphatic carbocycles. The van der Waals surface area contributed by atoms with Crippen LogP contribution in [0.2, 0.25) is 0 Å². The molecule has 0 fully saturated rings. The summed E-state index contributed by atoms with van der Waals surface area (Å²) in [5.74, 6) is 0.739. The first-order valence-electron chi connectivity index (χ1n) is 4.76. The molecular formula is C11H18O4. The first-order chi connectivity index (χ1) is 6.73. The molecule has 2 unspecified atom stereocenters. The van der Waals surface area contributed by atoms with Gasteiger partial charge in [-0.05, 0) is 5.92 Å². The molecule has 2 atom stereocenters. The third kappa shape index (κ3) is 3.54.